The van der Waals surface area contributed by atoms with E-state index < -0.39 is 0 Å². The maximum Gasteiger partial charge on any atom is 0.123 e. The van der Waals surface area contributed by atoms with Crippen LogP contribution in [0.3, 0.4) is 0 Å². The lowest BCUT2D eigenvalue weighted by Gasteiger charge is -2.17. The van der Waals surface area contributed by atoms with Crippen LogP contribution in [0.2, 0.25) is 0 Å². The molecule has 1 N–H and O–H groups in total. The van der Waals surface area contributed by atoms with Crippen molar-refractivity contribution in [1.82, 2.24) is 5.32 Å². The molecule has 0 radical (unpaired) electrons. The number of rotatable bonds is 7. The zero-order valence-electron chi connectivity index (χ0n) is 12.5. The number of benzene rings is 1. The third-order valence-electron chi connectivity index (χ3n) is 4.02. The Morgan fingerprint density at radius 3 is 2.95 bits per heavy atom. The first kappa shape index (κ1) is 14.4. The van der Waals surface area contributed by atoms with Crippen LogP contribution >= 0.6 is 0 Å². The normalized spacial score (nSPS) is 19.0. The summed E-state index contributed by atoms with van der Waals surface area (Å²) in [5.74, 6) is 1.11. The molecule has 1 aliphatic heterocycles. The summed E-state index contributed by atoms with van der Waals surface area (Å²) in [6.07, 6.45) is 6.41. The molecule has 0 spiro atoms. The molecular formula is C17H27NO. The van der Waals surface area contributed by atoms with Crippen molar-refractivity contribution in [3.05, 3.63) is 29.3 Å². The van der Waals surface area contributed by atoms with Gasteiger partial charge in [-0.25, -0.2) is 0 Å². The quantitative estimate of drug-likeness (QED) is 0.805. The Morgan fingerprint density at radius 1 is 1.37 bits per heavy atom. The maximum atomic E-state index is 6.02. The number of nitrogens with one attached hydrogen (secondary N) is 1. The van der Waals surface area contributed by atoms with Crippen LogP contribution in [0, 0.1) is 6.92 Å². The molecule has 0 fully saturated rings. The molecule has 0 saturated carbocycles. The van der Waals surface area contributed by atoms with Gasteiger partial charge in [-0.15, -0.1) is 0 Å². The predicted molar refractivity (Wildman–Crippen MR) is 80.9 cm³/mol. The van der Waals surface area contributed by atoms with Crippen LogP contribution in [-0.2, 0) is 6.42 Å². The topological polar surface area (TPSA) is 21.3 Å². The van der Waals surface area contributed by atoms with E-state index in [1.165, 1.54) is 36.8 Å². The summed E-state index contributed by atoms with van der Waals surface area (Å²) in [6.45, 7) is 7.67. The van der Waals surface area contributed by atoms with Crippen molar-refractivity contribution in [1.29, 1.82) is 0 Å². The van der Waals surface area contributed by atoms with E-state index in [0.717, 1.165) is 18.7 Å². The van der Waals surface area contributed by atoms with Gasteiger partial charge in [-0.3, -0.25) is 0 Å². The van der Waals surface area contributed by atoms with Crippen molar-refractivity contribution in [2.75, 3.05) is 6.54 Å². The summed E-state index contributed by atoms with van der Waals surface area (Å²) in [6, 6.07) is 7.21. The molecule has 0 saturated heterocycles. The monoisotopic (exact) mass is 261 g/mol. The van der Waals surface area contributed by atoms with Gasteiger partial charge in [0.1, 0.15) is 11.9 Å². The van der Waals surface area contributed by atoms with Crippen LogP contribution in [0.15, 0.2) is 18.2 Å². The highest BCUT2D eigenvalue weighted by Gasteiger charge is 2.22. The first-order valence-corrected chi connectivity index (χ1v) is 7.72. The molecule has 2 unspecified atom stereocenters. The number of hydrogen-bond donors (Lipinski definition) is 1. The van der Waals surface area contributed by atoms with Crippen molar-refractivity contribution < 1.29 is 4.74 Å². The van der Waals surface area contributed by atoms with E-state index in [2.05, 4.69) is 44.3 Å². The van der Waals surface area contributed by atoms with Gasteiger partial charge in [0.15, 0.2) is 0 Å². The summed E-state index contributed by atoms with van der Waals surface area (Å²) in [5.41, 5.74) is 2.73. The van der Waals surface area contributed by atoms with E-state index >= 15 is 0 Å². The highest BCUT2D eigenvalue weighted by atomic mass is 16.5. The van der Waals surface area contributed by atoms with Crippen LogP contribution in [0.25, 0.3) is 0 Å². The standard InChI is InChI=1S/C17H27NO/c1-4-15(18-5-2)7-6-8-16-12-14-11-13(3)9-10-17(14)19-16/h9-11,15-16,18H,4-8,12H2,1-3H3. The highest BCUT2D eigenvalue weighted by molar-refractivity contribution is 5.40. The highest BCUT2D eigenvalue weighted by Crippen LogP contribution is 2.31. The molecule has 2 heteroatoms. The van der Waals surface area contributed by atoms with Gasteiger partial charge in [0.05, 0.1) is 0 Å². The van der Waals surface area contributed by atoms with E-state index in [-0.39, 0.29) is 0 Å². The SMILES string of the molecule is CCNC(CC)CCCC1Cc2cc(C)ccc2O1. The number of hydrogen-bond acceptors (Lipinski definition) is 2. The van der Waals surface area contributed by atoms with Crippen molar-refractivity contribution >= 4 is 0 Å². The Kier molecular flexibility index (Phi) is 5.26. The summed E-state index contributed by atoms with van der Waals surface area (Å²) >= 11 is 0. The van der Waals surface area contributed by atoms with Crippen LogP contribution in [0.1, 0.15) is 50.7 Å². The minimum Gasteiger partial charge on any atom is -0.490 e. The fourth-order valence-corrected chi connectivity index (χ4v) is 2.94. The van der Waals surface area contributed by atoms with Crippen LogP contribution in [0.5, 0.6) is 5.75 Å². The van der Waals surface area contributed by atoms with Gasteiger partial charge in [-0.2, -0.15) is 0 Å². The molecule has 19 heavy (non-hydrogen) atoms. The second kappa shape index (κ2) is 6.95. The molecule has 2 rings (SSSR count). The second-order valence-electron chi connectivity index (χ2n) is 5.65. The third-order valence-corrected chi connectivity index (χ3v) is 4.02. The van der Waals surface area contributed by atoms with Crippen molar-refractivity contribution in [3.8, 4) is 5.75 Å². The van der Waals surface area contributed by atoms with Crippen LogP contribution in [0.4, 0.5) is 0 Å². The van der Waals surface area contributed by atoms with Gasteiger partial charge in [-0.1, -0.05) is 31.5 Å². The van der Waals surface area contributed by atoms with Gasteiger partial charge in [-0.05, 0) is 50.8 Å². The minimum absolute atomic E-state index is 0.399. The molecule has 0 aliphatic carbocycles. The van der Waals surface area contributed by atoms with Gasteiger partial charge < -0.3 is 10.1 Å². The van der Waals surface area contributed by atoms with Gasteiger partial charge >= 0.3 is 0 Å². The number of aryl methyl sites for hydroxylation is 1. The Bertz CT molecular complexity index is 402. The molecule has 0 bridgehead atoms. The lowest BCUT2D eigenvalue weighted by atomic mass is 10.0. The smallest absolute Gasteiger partial charge is 0.123 e. The molecule has 0 amide bonds. The minimum atomic E-state index is 0.399. The molecule has 0 aromatic heterocycles. The van der Waals surface area contributed by atoms with Crippen molar-refractivity contribution in [2.45, 2.75) is 65.0 Å². The molecular weight excluding hydrogens is 234 g/mol. The van der Waals surface area contributed by atoms with Gasteiger partial charge in [0, 0.05) is 12.5 Å². The van der Waals surface area contributed by atoms with Crippen molar-refractivity contribution in [2.24, 2.45) is 0 Å². The third kappa shape index (κ3) is 3.97. The fraction of sp³-hybridized carbons (Fsp3) is 0.647. The molecule has 2 nitrogen and oxygen atoms in total. The van der Waals surface area contributed by atoms with E-state index in [9.17, 15) is 0 Å². The first-order chi connectivity index (χ1) is 9.22. The zero-order valence-corrected chi connectivity index (χ0v) is 12.5. The Morgan fingerprint density at radius 2 is 2.21 bits per heavy atom. The number of fused-ring (bicyclic) bond motifs is 1. The largest absolute Gasteiger partial charge is 0.490 e. The summed E-state index contributed by atoms with van der Waals surface area (Å²) in [4.78, 5) is 0. The summed E-state index contributed by atoms with van der Waals surface area (Å²) in [5, 5.41) is 3.54. The molecule has 1 aromatic rings. The summed E-state index contributed by atoms with van der Waals surface area (Å²) in [7, 11) is 0. The lowest BCUT2D eigenvalue weighted by Crippen LogP contribution is -2.28. The second-order valence-corrected chi connectivity index (χ2v) is 5.65. The first-order valence-electron chi connectivity index (χ1n) is 7.72. The summed E-state index contributed by atoms with van der Waals surface area (Å²) < 4.78 is 6.02. The molecule has 1 aliphatic rings. The van der Waals surface area contributed by atoms with E-state index in [1.54, 1.807) is 0 Å². The molecule has 106 valence electrons. The lowest BCUT2D eigenvalue weighted by molar-refractivity contribution is 0.214. The average molecular weight is 261 g/mol. The zero-order chi connectivity index (χ0) is 13.7. The molecule has 2 atom stereocenters. The molecule has 1 heterocycles. The number of ether oxygens (including phenoxy) is 1. The predicted octanol–water partition coefficient (Wildman–Crippen LogP) is 3.86. The van der Waals surface area contributed by atoms with Crippen molar-refractivity contribution in [3.63, 3.8) is 0 Å². The van der Waals surface area contributed by atoms with Gasteiger partial charge in [0.2, 0.25) is 0 Å². The van der Waals surface area contributed by atoms with Crippen LogP contribution in [-0.4, -0.2) is 18.7 Å². The van der Waals surface area contributed by atoms with Gasteiger partial charge in [0.25, 0.3) is 0 Å². The fourth-order valence-electron chi connectivity index (χ4n) is 2.94. The van der Waals surface area contributed by atoms with E-state index in [4.69, 9.17) is 4.74 Å². The Labute approximate surface area is 117 Å². The maximum absolute atomic E-state index is 6.02. The molecule has 1 aromatic carbocycles. The Balaban J connectivity index is 1.75. The van der Waals surface area contributed by atoms with E-state index in [0.29, 0.717) is 12.1 Å². The average Bonchev–Trinajstić information content (AvgIpc) is 2.79. The van der Waals surface area contributed by atoms with Crippen LogP contribution < -0.4 is 10.1 Å². The Hall–Kier alpha value is -1.02. The van der Waals surface area contributed by atoms with E-state index in [1.807, 2.05) is 0 Å².